The number of rotatable bonds is 0. The van der Waals surface area contributed by atoms with E-state index in [1.165, 1.54) is 6.08 Å². The quantitative estimate of drug-likeness (QED) is 0.418. The van der Waals surface area contributed by atoms with Crippen molar-refractivity contribution >= 4 is 5.71 Å². The fraction of sp³-hybridized carbons (Fsp3) is 0.167. The molecular formula is C6H8N2O. The molecule has 0 aliphatic heterocycles. The number of nitrogens with two attached hydrogens (primary N) is 1. The largest absolute Gasteiger partial charge is 0.397 e. The van der Waals surface area contributed by atoms with Gasteiger partial charge < -0.3 is 16.2 Å². The molecule has 9 heavy (non-hydrogen) atoms. The lowest BCUT2D eigenvalue weighted by atomic mass is 10.1. The molecule has 0 saturated heterocycles. The van der Waals surface area contributed by atoms with Crippen LogP contribution in [0.1, 0.15) is 0 Å². The second-order valence-electron chi connectivity index (χ2n) is 1.87. The van der Waals surface area contributed by atoms with Crippen molar-refractivity contribution in [2.75, 3.05) is 0 Å². The number of aliphatic hydroxyl groups excluding tert-OH is 1. The molecule has 0 fully saturated rings. The van der Waals surface area contributed by atoms with E-state index >= 15 is 0 Å². The van der Waals surface area contributed by atoms with E-state index in [0.717, 1.165) is 0 Å². The summed E-state index contributed by atoms with van der Waals surface area (Å²) in [6.07, 6.45) is 3.93. The number of hydrogen-bond acceptors (Lipinski definition) is 3. The van der Waals surface area contributed by atoms with Gasteiger partial charge in [0.2, 0.25) is 0 Å². The predicted molar refractivity (Wildman–Crippen MR) is 35.1 cm³/mol. The van der Waals surface area contributed by atoms with Crippen LogP contribution < -0.4 is 5.73 Å². The number of aliphatic hydroxyl groups is 1. The lowest BCUT2D eigenvalue weighted by Gasteiger charge is -2.10. The molecule has 1 atom stereocenters. The Bertz CT molecular complexity index is 193. The summed E-state index contributed by atoms with van der Waals surface area (Å²) in [7, 11) is 0. The SMILES string of the molecule is N=C1C(N)=CC=CC1O. The Morgan fingerprint density at radius 1 is 1.67 bits per heavy atom. The van der Waals surface area contributed by atoms with Crippen molar-refractivity contribution in [3.8, 4) is 0 Å². The summed E-state index contributed by atoms with van der Waals surface area (Å²) in [5, 5.41) is 16.0. The third kappa shape index (κ3) is 1.000. The normalized spacial score (nSPS) is 26.1. The van der Waals surface area contributed by atoms with Crippen LogP contribution in [0.25, 0.3) is 0 Å². The van der Waals surface area contributed by atoms with Crippen LogP contribution in [-0.2, 0) is 0 Å². The first-order valence-corrected chi connectivity index (χ1v) is 2.62. The van der Waals surface area contributed by atoms with Gasteiger partial charge in [-0.2, -0.15) is 0 Å². The lowest BCUT2D eigenvalue weighted by molar-refractivity contribution is 0.287. The molecule has 1 aliphatic carbocycles. The molecule has 0 saturated carbocycles. The van der Waals surface area contributed by atoms with Gasteiger partial charge in [0.25, 0.3) is 0 Å². The van der Waals surface area contributed by atoms with Gasteiger partial charge in [-0.1, -0.05) is 12.2 Å². The zero-order valence-electron chi connectivity index (χ0n) is 4.83. The van der Waals surface area contributed by atoms with Crippen LogP contribution in [0.15, 0.2) is 23.9 Å². The van der Waals surface area contributed by atoms with Crippen molar-refractivity contribution in [1.29, 1.82) is 5.41 Å². The van der Waals surface area contributed by atoms with E-state index in [4.69, 9.17) is 16.2 Å². The van der Waals surface area contributed by atoms with Gasteiger partial charge in [-0.3, -0.25) is 0 Å². The molecule has 0 aromatic heterocycles. The Morgan fingerprint density at radius 2 is 2.33 bits per heavy atom. The molecule has 0 bridgehead atoms. The van der Waals surface area contributed by atoms with Crippen LogP contribution in [0, 0.1) is 5.41 Å². The smallest absolute Gasteiger partial charge is 0.116 e. The molecule has 4 N–H and O–H groups in total. The standard InChI is InChI=1S/C6H8N2O/c7-4-2-1-3-5(9)6(4)8/h1-3,5,8-9H,7H2. The minimum absolute atomic E-state index is 0.0810. The molecule has 1 aliphatic rings. The fourth-order valence-corrected chi connectivity index (χ4v) is 0.621. The van der Waals surface area contributed by atoms with E-state index in [1.807, 2.05) is 0 Å². The third-order valence-corrected chi connectivity index (χ3v) is 1.18. The van der Waals surface area contributed by atoms with Crippen LogP contribution in [0.3, 0.4) is 0 Å². The number of nitrogens with one attached hydrogen (secondary N) is 1. The summed E-state index contributed by atoms with van der Waals surface area (Å²) in [6, 6.07) is 0. The molecule has 1 unspecified atom stereocenters. The molecule has 0 amide bonds. The summed E-state index contributed by atoms with van der Waals surface area (Å²) in [5.74, 6) is 0. The molecule has 0 aromatic carbocycles. The zero-order valence-corrected chi connectivity index (χ0v) is 4.83. The highest BCUT2D eigenvalue weighted by atomic mass is 16.3. The average molecular weight is 124 g/mol. The third-order valence-electron chi connectivity index (χ3n) is 1.18. The summed E-state index contributed by atoms with van der Waals surface area (Å²) in [6.45, 7) is 0. The Balaban J connectivity index is 2.86. The number of hydrogen-bond donors (Lipinski definition) is 3. The summed E-state index contributed by atoms with van der Waals surface area (Å²) < 4.78 is 0. The van der Waals surface area contributed by atoms with E-state index in [-0.39, 0.29) is 5.71 Å². The van der Waals surface area contributed by atoms with Crippen molar-refractivity contribution in [3.63, 3.8) is 0 Å². The topological polar surface area (TPSA) is 70.1 Å². The Morgan fingerprint density at radius 3 is 2.78 bits per heavy atom. The van der Waals surface area contributed by atoms with Crippen LogP contribution in [-0.4, -0.2) is 16.9 Å². The van der Waals surface area contributed by atoms with Gasteiger partial charge in [0.05, 0.1) is 11.4 Å². The molecule has 3 nitrogen and oxygen atoms in total. The highest BCUT2D eigenvalue weighted by Crippen LogP contribution is 2.02. The van der Waals surface area contributed by atoms with Gasteiger partial charge in [0, 0.05) is 0 Å². The summed E-state index contributed by atoms with van der Waals surface area (Å²) >= 11 is 0. The number of allylic oxidation sites excluding steroid dienone is 2. The fourth-order valence-electron chi connectivity index (χ4n) is 0.621. The highest BCUT2D eigenvalue weighted by molar-refractivity contribution is 6.02. The Hall–Kier alpha value is -1.09. The van der Waals surface area contributed by atoms with Gasteiger partial charge in [0.15, 0.2) is 0 Å². The average Bonchev–Trinajstić information content (AvgIpc) is 1.83. The minimum atomic E-state index is -0.810. The first kappa shape index (κ1) is 6.04. The minimum Gasteiger partial charge on any atom is -0.397 e. The monoisotopic (exact) mass is 124 g/mol. The molecular weight excluding hydrogens is 116 g/mol. The first-order chi connectivity index (χ1) is 4.22. The predicted octanol–water partition coefficient (Wildman–Crippen LogP) is -0.221. The van der Waals surface area contributed by atoms with Crippen LogP contribution >= 0.6 is 0 Å². The van der Waals surface area contributed by atoms with Crippen LogP contribution in [0.5, 0.6) is 0 Å². The maximum Gasteiger partial charge on any atom is 0.116 e. The van der Waals surface area contributed by atoms with Crippen molar-refractivity contribution in [2.45, 2.75) is 6.10 Å². The van der Waals surface area contributed by atoms with Gasteiger partial charge >= 0.3 is 0 Å². The molecule has 0 radical (unpaired) electrons. The first-order valence-electron chi connectivity index (χ1n) is 2.62. The van der Waals surface area contributed by atoms with Crippen molar-refractivity contribution < 1.29 is 5.11 Å². The molecule has 1 rings (SSSR count). The van der Waals surface area contributed by atoms with Crippen molar-refractivity contribution in [2.24, 2.45) is 5.73 Å². The van der Waals surface area contributed by atoms with Gasteiger partial charge in [-0.05, 0) is 6.08 Å². The van der Waals surface area contributed by atoms with E-state index in [2.05, 4.69) is 0 Å². The van der Waals surface area contributed by atoms with E-state index in [9.17, 15) is 0 Å². The van der Waals surface area contributed by atoms with E-state index < -0.39 is 6.10 Å². The Labute approximate surface area is 53.0 Å². The molecule has 0 heterocycles. The Kier molecular flexibility index (Phi) is 1.36. The summed E-state index contributed by atoms with van der Waals surface area (Å²) in [4.78, 5) is 0. The maximum absolute atomic E-state index is 8.92. The van der Waals surface area contributed by atoms with Gasteiger partial charge in [-0.25, -0.2) is 0 Å². The molecule has 48 valence electrons. The molecule has 0 aromatic rings. The van der Waals surface area contributed by atoms with Crippen LogP contribution in [0.2, 0.25) is 0 Å². The maximum atomic E-state index is 8.92. The van der Waals surface area contributed by atoms with Crippen molar-refractivity contribution in [3.05, 3.63) is 23.9 Å². The van der Waals surface area contributed by atoms with Gasteiger partial charge in [0.1, 0.15) is 6.10 Å². The van der Waals surface area contributed by atoms with Gasteiger partial charge in [-0.15, -0.1) is 0 Å². The lowest BCUT2D eigenvalue weighted by Crippen LogP contribution is -2.25. The second kappa shape index (κ2) is 2.03. The van der Waals surface area contributed by atoms with Crippen LogP contribution in [0.4, 0.5) is 0 Å². The van der Waals surface area contributed by atoms with Crippen molar-refractivity contribution in [1.82, 2.24) is 0 Å². The molecule has 0 spiro atoms. The molecule has 3 heteroatoms. The summed E-state index contributed by atoms with van der Waals surface area (Å²) in [5.41, 5.74) is 5.71. The van der Waals surface area contributed by atoms with E-state index in [1.54, 1.807) is 12.2 Å². The second-order valence-corrected chi connectivity index (χ2v) is 1.87. The van der Waals surface area contributed by atoms with E-state index in [0.29, 0.717) is 5.70 Å². The zero-order chi connectivity index (χ0) is 6.85. The highest BCUT2D eigenvalue weighted by Gasteiger charge is 2.11.